The first-order valence-electron chi connectivity index (χ1n) is 7.13. The van der Waals surface area contributed by atoms with Crippen LogP contribution in [0.2, 0.25) is 0 Å². The highest BCUT2D eigenvalue weighted by Crippen LogP contribution is 2.39. The second kappa shape index (κ2) is 4.86. The molecule has 0 aromatic heterocycles. The van der Waals surface area contributed by atoms with Crippen molar-refractivity contribution in [2.45, 2.75) is 50.9 Å². The standard InChI is InChI=1S/C16H20O4/c1-16(2,18)10-4-3-5-11(8-10)20-15(17)13-9-12-6-7-14(13)19-12/h3-5,8,12-14,18H,6-7,9H2,1-2H3. The Kier molecular flexibility index (Phi) is 3.30. The van der Waals surface area contributed by atoms with Crippen LogP contribution in [0, 0.1) is 5.92 Å². The maximum atomic E-state index is 12.2. The molecule has 2 aliphatic heterocycles. The lowest BCUT2D eigenvalue weighted by Gasteiger charge is -2.20. The number of aliphatic hydroxyl groups is 1. The molecule has 4 nitrogen and oxygen atoms in total. The van der Waals surface area contributed by atoms with Gasteiger partial charge in [0.05, 0.1) is 23.7 Å². The summed E-state index contributed by atoms with van der Waals surface area (Å²) >= 11 is 0. The fourth-order valence-corrected chi connectivity index (χ4v) is 3.02. The number of benzene rings is 1. The summed E-state index contributed by atoms with van der Waals surface area (Å²) in [5.41, 5.74) is -0.218. The summed E-state index contributed by atoms with van der Waals surface area (Å²) in [6.07, 6.45) is 3.05. The second-order valence-electron chi connectivity index (χ2n) is 6.22. The minimum absolute atomic E-state index is 0.0324. The van der Waals surface area contributed by atoms with Crippen molar-refractivity contribution in [2.75, 3.05) is 0 Å². The van der Waals surface area contributed by atoms with Gasteiger partial charge in [0.2, 0.25) is 0 Å². The first-order valence-corrected chi connectivity index (χ1v) is 7.13. The van der Waals surface area contributed by atoms with Crippen LogP contribution < -0.4 is 4.74 Å². The fraction of sp³-hybridized carbons (Fsp3) is 0.562. The van der Waals surface area contributed by atoms with Gasteiger partial charge < -0.3 is 14.6 Å². The first kappa shape index (κ1) is 13.6. The predicted octanol–water partition coefficient (Wildman–Crippen LogP) is 2.39. The highest BCUT2D eigenvalue weighted by atomic mass is 16.5. The molecule has 2 aliphatic rings. The van der Waals surface area contributed by atoms with Crippen LogP contribution in [0.25, 0.3) is 0 Å². The van der Waals surface area contributed by atoms with E-state index in [0.29, 0.717) is 5.75 Å². The minimum Gasteiger partial charge on any atom is -0.426 e. The molecule has 1 aromatic carbocycles. The summed E-state index contributed by atoms with van der Waals surface area (Å²) in [4.78, 5) is 12.2. The van der Waals surface area contributed by atoms with Gasteiger partial charge in [-0.3, -0.25) is 4.79 Å². The summed E-state index contributed by atoms with van der Waals surface area (Å²) in [7, 11) is 0. The van der Waals surface area contributed by atoms with Gasteiger partial charge in [-0.2, -0.15) is 0 Å². The third-order valence-corrected chi connectivity index (χ3v) is 4.17. The van der Waals surface area contributed by atoms with E-state index in [1.165, 1.54) is 0 Å². The van der Waals surface area contributed by atoms with Gasteiger partial charge in [0.15, 0.2) is 0 Å². The Hall–Kier alpha value is -1.39. The minimum atomic E-state index is -0.946. The van der Waals surface area contributed by atoms with Crippen LogP contribution >= 0.6 is 0 Å². The molecule has 4 heteroatoms. The van der Waals surface area contributed by atoms with E-state index in [1.807, 2.05) is 6.07 Å². The maximum absolute atomic E-state index is 12.2. The summed E-state index contributed by atoms with van der Waals surface area (Å²) in [6, 6.07) is 7.05. The van der Waals surface area contributed by atoms with Crippen LogP contribution in [-0.2, 0) is 15.1 Å². The van der Waals surface area contributed by atoms with E-state index < -0.39 is 5.60 Å². The van der Waals surface area contributed by atoms with Gasteiger partial charge in [0.1, 0.15) is 5.75 Å². The molecule has 20 heavy (non-hydrogen) atoms. The van der Waals surface area contributed by atoms with E-state index in [2.05, 4.69) is 0 Å². The zero-order valence-electron chi connectivity index (χ0n) is 11.8. The number of hydrogen-bond acceptors (Lipinski definition) is 4. The van der Waals surface area contributed by atoms with E-state index in [-0.39, 0.29) is 24.1 Å². The molecule has 0 amide bonds. The second-order valence-corrected chi connectivity index (χ2v) is 6.22. The van der Waals surface area contributed by atoms with Gasteiger partial charge in [-0.25, -0.2) is 0 Å². The molecular formula is C16H20O4. The van der Waals surface area contributed by atoms with Crippen LogP contribution in [0.1, 0.15) is 38.7 Å². The summed E-state index contributed by atoms with van der Waals surface area (Å²) in [6.45, 7) is 3.41. The number of carbonyl (C=O) groups excluding carboxylic acids is 1. The van der Waals surface area contributed by atoms with Crippen molar-refractivity contribution in [1.29, 1.82) is 0 Å². The fourth-order valence-electron chi connectivity index (χ4n) is 3.02. The number of rotatable bonds is 3. The van der Waals surface area contributed by atoms with Crippen molar-refractivity contribution in [2.24, 2.45) is 5.92 Å². The van der Waals surface area contributed by atoms with Gasteiger partial charge >= 0.3 is 5.97 Å². The lowest BCUT2D eigenvalue weighted by atomic mass is 9.89. The summed E-state index contributed by atoms with van der Waals surface area (Å²) < 4.78 is 11.1. The highest BCUT2D eigenvalue weighted by Gasteiger charge is 2.45. The van der Waals surface area contributed by atoms with Crippen LogP contribution in [0.3, 0.4) is 0 Å². The maximum Gasteiger partial charge on any atom is 0.317 e. The van der Waals surface area contributed by atoms with Crippen LogP contribution in [-0.4, -0.2) is 23.3 Å². The van der Waals surface area contributed by atoms with Gasteiger partial charge in [-0.15, -0.1) is 0 Å². The SMILES string of the molecule is CC(C)(O)c1cccc(OC(=O)C2CC3CCC2O3)c1. The zero-order valence-corrected chi connectivity index (χ0v) is 11.8. The monoisotopic (exact) mass is 276 g/mol. The molecule has 0 saturated carbocycles. The summed E-state index contributed by atoms with van der Waals surface area (Å²) in [5.74, 6) is 0.127. The Balaban J connectivity index is 1.70. The smallest absolute Gasteiger partial charge is 0.317 e. The van der Waals surface area contributed by atoms with E-state index in [9.17, 15) is 9.90 Å². The molecule has 1 N–H and O–H groups in total. The van der Waals surface area contributed by atoms with Crippen LogP contribution in [0.4, 0.5) is 0 Å². The van der Waals surface area contributed by atoms with Crippen LogP contribution in [0.5, 0.6) is 5.75 Å². The topological polar surface area (TPSA) is 55.8 Å². The Morgan fingerprint density at radius 2 is 2.20 bits per heavy atom. The molecule has 2 fully saturated rings. The molecule has 2 heterocycles. The van der Waals surface area contributed by atoms with Crippen molar-refractivity contribution in [3.63, 3.8) is 0 Å². The highest BCUT2D eigenvalue weighted by molar-refractivity contribution is 5.76. The molecule has 0 radical (unpaired) electrons. The van der Waals surface area contributed by atoms with Crippen molar-refractivity contribution in [3.8, 4) is 5.75 Å². The Labute approximate surface area is 118 Å². The molecule has 1 aromatic rings. The number of fused-ring (bicyclic) bond motifs is 2. The Bertz CT molecular complexity index is 517. The molecule has 108 valence electrons. The van der Waals surface area contributed by atoms with Crippen molar-refractivity contribution in [1.82, 2.24) is 0 Å². The van der Waals surface area contributed by atoms with Gasteiger partial charge in [-0.1, -0.05) is 12.1 Å². The zero-order chi connectivity index (χ0) is 14.3. The van der Waals surface area contributed by atoms with E-state index >= 15 is 0 Å². The summed E-state index contributed by atoms with van der Waals surface area (Å²) in [5, 5.41) is 9.98. The van der Waals surface area contributed by atoms with E-state index in [1.54, 1.807) is 32.0 Å². The Morgan fingerprint density at radius 1 is 1.40 bits per heavy atom. The van der Waals surface area contributed by atoms with Crippen LogP contribution in [0.15, 0.2) is 24.3 Å². The molecule has 3 rings (SSSR count). The molecule has 3 unspecified atom stereocenters. The molecule has 2 saturated heterocycles. The first-order chi connectivity index (χ1) is 9.43. The van der Waals surface area contributed by atoms with Gasteiger partial charge in [0, 0.05) is 0 Å². The average molecular weight is 276 g/mol. The number of ether oxygens (including phenoxy) is 2. The van der Waals surface area contributed by atoms with Crippen molar-refractivity contribution < 1.29 is 19.4 Å². The third-order valence-electron chi connectivity index (χ3n) is 4.17. The molecule has 0 spiro atoms. The van der Waals surface area contributed by atoms with E-state index in [0.717, 1.165) is 24.8 Å². The predicted molar refractivity (Wildman–Crippen MR) is 73.3 cm³/mol. The number of hydrogen-bond donors (Lipinski definition) is 1. The van der Waals surface area contributed by atoms with Crippen molar-refractivity contribution >= 4 is 5.97 Å². The Morgan fingerprint density at radius 3 is 2.80 bits per heavy atom. The lowest BCUT2D eigenvalue weighted by molar-refractivity contribution is -0.140. The van der Waals surface area contributed by atoms with Gasteiger partial charge in [0.25, 0.3) is 0 Å². The normalized spacial score (nSPS) is 28.6. The number of carbonyl (C=O) groups is 1. The molecular weight excluding hydrogens is 256 g/mol. The van der Waals surface area contributed by atoms with Crippen molar-refractivity contribution in [3.05, 3.63) is 29.8 Å². The van der Waals surface area contributed by atoms with E-state index in [4.69, 9.17) is 9.47 Å². The molecule has 2 bridgehead atoms. The third kappa shape index (κ3) is 2.58. The number of esters is 1. The van der Waals surface area contributed by atoms with Gasteiger partial charge in [-0.05, 0) is 50.8 Å². The molecule has 3 atom stereocenters. The lowest BCUT2D eigenvalue weighted by Crippen LogP contribution is -2.29. The largest absolute Gasteiger partial charge is 0.426 e. The quantitative estimate of drug-likeness (QED) is 0.680. The average Bonchev–Trinajstić information content (AvgIpc) is 3.00. The molecule has 0 aliphatic carbocycles.